The highest BCUT2D eigenvalue weighted by Crippen LogP contribution is 2.37. The molecule has 0 N–H and O–H groups in total. The predicted molar refractivity (Wildman–Crippen MR) is 131 cm³/mol. The van der Waals surface area contributed by atoms with Crippen molar-refractivity contribution < 1.29 is 66.1 Å². The molecule has 15 heteroatoms. The molecule has 1 aliphatic heterocycles. The summed E-state index contributed by atoms with van der Waals surface area (Å²) in [5.74, 6) is -7.06. The smallest absolute Gasteiger partial charge is 0.321 e. The van der Waals surface area contributed by atoms with Gasteiger partial charge in [0.05, 0.1) is 28.8 Å². The molecular weight excluding hydrogens is 544 g/mol. The van der Waals surface area contributed by atoms with E-state index in [1.807, 2.05) is 0 Å². The lowest BCUT2D eigenvalue weighted by atomic mass is 9.95. The van der Waals surface area contributed by atoms with Crippen molar-refractivity contribution in [2.75, 3.05) is 19.8 Å². The second-order valence-electron chi connectivity index (χ2n) is 8.91. The zero-order valence-electron chi connectivity index (χ0n) is 23.2. The number of esters is 6. The van der Waals surface area contributed by atoms with Crippen LogP contribution in [0.5, 0.6) is 0 Å². The number of hydrogen-bond acceptors (Lipinski definition) is 14. The van der Waals surface area contributed by atoms with Gasteiger partial charge in [-0.2, -0.15) is 0 Å². The van der Waals surface area contributed by atoms with Gasteiger partial charge < -0.3 is 33.2 Å². The summed E-state index contributed by atoms with van der Waals surface area (Å²) in [4.78, 5) is 73.1. The maximum atomic E-state index is 14.1. The van der Waals surface area contributed by atoms with Gasteiger partial charge in [-0.05, 0) is 27.7 Å². The molecule has 0 radical (unpaired) electrons. The molecule has 0 amide bonds. The first-order chi connectivity index (χ1) is 18.1. The lowest BCUT2D eigenvalue weighted by molar-refractivity contribution is -0.238. The zero-order chi connectivity index (χ0) is 30.1. The standard InChI is InChI=1S/C24H36O14S/c1-9-32-21(29)17(22(30)33-10-2)24(7,8)39(31)23-20(37-15(6)28)19(36-14(5)27)18(35-13(4)26)16(38-23)11-34-12(3)25/h16-20,23H,9-11H2,1-8H3/t16-,18-,19+,20-,23+,39-/m1/s1. The van der Waals surface area contributed by atoms with Gasteiger partial charge in [0.2, 0.25) is 0 Å². The highest BCUT2D eigenvalue weighted by atomic mass is 32.2. The second-order valence-corrected chi connectivity index (χ2v) is 11.0. The summed E-state index contributed by atoms with van der Waals surface area (Å²) in [5, 5.41) is 0. The largest absolute Gasteiger partial charge is 0.465 e. The van der Waals surface area contributed by atoms with Crippen LogP contribution < -0.4 is 0 Å². The molecule has 14 nitrogen and oxygen atoms in total. The maximum Gasteiger partial charge on any atom is 0.321 e. The molecule has 1 fully saturated rings. The first-order valence-electron chi connectivity index (χ1n) is 12.1. The van der Waals surface area contributed by atoms with E-state index in [4.69, 9.17) is 33.2 Å². The molecule has 6 atom stereocenters. The molecule has 0 aliphatic carbocycles. The van der Waals surface area contributed by atoms with Gasteiger partial charge in [0.1, 0.15) is 12.7 Å². The normalized spacial score (nSPS) is 23.7. The first kappa shape index (κ1) is 34.0. The van der Waals surface area contributed by atoms with E-state index in [1.165, 1.54) is 27.7 Å². The third-order valence-electron chi connectivity index (χ3n) is 5.42. The molecular formula is C24H36O14S. The zero-order valence-corrected chi connectivity index (χ0v) is 24.0. The van der Waals surface area contributed by atoms with Gasteiger partial charge >= 0.3 is 35.8 Å². The minimum Gasteiger partial charge on any atom is -0.465 e. The van der Waals surface area contributed by atoms with Crippen LogP contribution in [0.1, 0.15) is 55.4 Å². The molecule has 1 aliphatic rings. The van der Waals surface area contributed by atoms with E-state index in [2.05, 4.69) is 0 Å². The van der Waals surface area contributed by atoms with Gasteiger partial charge in [0, 0.05) is 27.7 Å². The van der Waals surface area contributed by atoms with E-state index in [-0.39, 0.29) is 13.2 Å². The molecule has 0 aromatic heterocycles. The van der Waals surface area contributed by atoms with E-state index >= 15 is 0 Å². The van der Waals surface area contributed by atoms with Gasteiger partial charge in [0.25, 0.3) is 0 Å². The molecule has 0 aromatic rings. The van der Waals surface area contributed by atoms with Crippen LogP contribution in [0.15, 0.2) is 0 Å². The third-order valence-corrected chi connectivity index (χ3v) is 7.49. The van der Waals surface area contributed by atoms with E-state index in [9.17, 15) is 33.0 Å². The summed E-state index contributed by atoms with van der Waals surface area (Å²) in [5.41, 5.74) is -1.67. The van der Waals surface area contributed by atoms with Gasteiger partial charge in [0.15, 0.2) is 29.7 Å². The summed E-state index contributed by atoms with van der Waals surface area (Å²) < 4.78 is 49.3. The monoisotopic (exact) mass is 580 g/mol. The Morgan fingerprint density at radius 1 is 0.718 bits per heavy atom. The van der Waals surface area contributed by atoms with Crippen LogP contribution in [-0.2, 0) is 72.7 Å². The van der Waals surface area contributed by atoms with Crippen molar-refractivity contribution in [2.24, 2.45) is 5.92 Å². The Balaban J connectivity index is 3.72. The van der Waals surface area contributed by atoms with Crippen LogP contribution in [0.3, 0.4) is 0 Å². The Hall–Kier alpha value is -3.07. The predicted octanol–water partition coefficient (Wildman–Crippen LogP) is 0.339. The van der Waals surface area contributed by atoms with Crippen LogP contribution in [0.4, 0.5) is 0 Å². The second kappa shape index (κ2) is 14.9. The van der Waals surface area contributed by atoms with Crippen molar-refractivity contribution >= 4 is 46.6 Å². The Morgan fingerprint density at radius 2 is 1.15 bits per heavy atom. The number of rotatable bonds is 12. The van der Waals surface area contributed by atoms with Crippen LogP contribution in [0.2, 0.25) is 0 Å². The summed E-state index contributed by atoms with van der Waals surface area (Å²) in [6.45, 7) is 9.19. The summed E-state index contributed by atoms with van der Waals surface area (Å²) in [7, 11) is -2.41. The molecule has 0 aromatic carbocycles. The number of carbonyl (C=O) groups excluding carboxylic acids is 6. The lowest BCUT2D eigenvalue weighted by Gasteiger charge is -2.46. The molecule has 0 saturated carbocycles. The summed E-state index contributed by atoms with van der Waals surface area (Å²) >= 11 is 0. The van der Waals surface area contributed by atoms with Gasteiger partial charge in [-0.1, -0.05) is 0 Å². The summed E-state index contributed by atoms with van der Waals surface area (Å²) in [6.07, 6.45) is -6.04. The minimum absolute atomic E-state index is 0.0868. The molecule has 39 heavy (non-hydrogen) atoms. The Labute approximate surface area is 228 Å². The highest BCUT2D eigenvalue weighted by molar-refractivity contribution is 7.87. The number of carbonyl (C=O) groups is 6. The van der Waals surface area contributed by atoms with Crippen LogP contribution in [0.25, 0.3) is 0 Å². The quantitative estimate of drug-likeness (QED) is 0.175. The van der Waals surface area contributed by atoms with Crippen LogP contribution >= 0.6 is 0 Å². The molecule has 1 heterocycles. The van der Waals surface area contributed by atoms with Crippen LogP contribution in [-0.4, -0.2) is 94.4 Å². The van der Waals surface area contributed by atoms with Crippen LogP contribution in [0, 0.1) is 5.92 Å². The van der Waals surface area contributed by atoms with E-state index in [0.29, 0.717) is 0 Å². The van der Waals surface area contributed by atoms with Crippen molar-refractivity contribution in [1.82, 2.24) is 0 Å². The Bertz CT molecular complexity index is 942. The van der Waals surface area contributed by atoms with Crippen molar-refractivity contribution in [3.05, 3.63) is 0 Å². The fourth-order valence-electron chi connectivity index (χ4n) is 3.89. The van der Waals surface area contributed by atoms with E-state index in [0.717, 1.165) is 27.7 Å². The first-order valence-corrected chi connectivity index (χ1v) is 13.3. The van der Waals surface area contributed by atoms with Gasteiger partial charge in [-0.15, -0.1) is 0 Å². The van der Waals surface area contributed by atoms with Gasteiger partial charge in [-0.25, -0.2) is 0 Å². The molecule has 0 bridgehead atoms. The number of ether oxygens (including phenoxy) is 7. The molecule has 1 rings (SSSR count). The average molecular weight is 581 g/mol. The third kappa shape index (κ3) is 9.27. The summed E-state index contributed by atoms with van der Waals surface area (Å²) in [6, 6.07) is 0. The molecule has 0 unspecified atom stereocenters. The topological polar surface area (TPSA) is 184 Å². The fourth-order valence-corrected chi connectivity index (χ4v) is 5.61. The number of hydrogen-bond donors (Lipinski definition) is 0. The highest BCUT2D eigenvalue weighted by Gasteiger charge is 2.58. The average Bonchev–Trinajstić information content (AvgIpc) is 2.79. The minimum atomic E-state index is -2.41. The molecule has 1 saturated heterocycles. The fraction of sp³-hybridized carbons (Fsp3) is 0.750. The van der Waals surface area contributed by atoms with Crippen molar-refractivity contribution in [3.8, 4) is 0 Å². The maximum absolute atomic E-state index is 14.1. The van der Waals surface area contributed by atoms with E-state index in [1.54, 1.807) is 0 Å². The SMILES string of the molecule is CCOC(=O)C(C(=O)OCC)C(C)(C)[S@](=O)[C@@H]1O[C@H](COC(C)=O)[C@@H](OC(C)=O)[C@H](OC(C)=O)[C@H]1OC(C)=O. The van der Waals surface area contributed by atoms with Crippen molar-refractivity contribution in [3.63, 3.8) is 0 Å². The molecule has 222 valence electrons. The van der Waals surface area contributed by atoms with Gasteiger partial charge in [-0.3, -0.25) is 33.0 Å². The molecule has 0 spiro atoms. The Kier molecular flexibility index (Phi) is 13.0. The van der Waals surface area contributed by atoms with E-state index < -0.39 is 93.7 Å². The lowest BCUT2D eigenvalue weighted by Crippen LogP contribution is -2.65. The van der Waals surface area contributed by atoms with Crippen molar-refractivity contribution in [2.45, 2.75) is 90.0 Å². The Morgan fingerprint density at radius 3 is 1.56 bits per heavy atom. The van der Waals surface area contributed by atoms with Crippen molar-refractivity contribution in [1.29, 1.82) is 0 Å².